The van der Waals surface area contributed by atoms with Crippen LogP contribution in [0, 0.1) is 5.92 Å². The lowest BCUT2D eigenvalue weighted by atomic mass is 10.1. The minimum Gasteiger partial charge on any atom is -0.493 e. The number of carbonyl (C=O) groups excluding carboxylic acids is 1. The highest BCUT2D eigenvalue weighted by atomic mass is 16.5. The van der Waals surface area contributed by atoms with Crippen LogP contribution in [0.25, 0.3) is 0 Å². The zero-order chi connectivity index (χ0) is 18.9. The van der Waals surface area contributed by atoms with Crippen molar-refractivity contribution in [3.8, 4) is 11.5 Å². The van der Waals surface area contributed by atoms with Gasteiger partial charge in [-0.2, -0.15) is 0 Å². The standard InChI is InChI=1S/C19H26N4O3/c1-13(2)11-21-19(24)15-10-18(23-12-22-15)20-8-7-14-5-6-16(25-3)17(9-14)26-4/h5-6,9-10,12-13H,7-8,11H2,1-4H3,(H,21,24)(H,20,22,23). The van der Waals surface area contributed by atoms with Crippen LogP contribution in [0.1, 0.15) is 29.9 Å². The maximum Gasteiger partial charge on any atom is 0.270 e. The Hall–Kier alpha value is -2.83. The number of rotatable bonds is 9. The van der Waals surface area contributed by atoms with E-state index in [0.717, 1.165) is 12.0 Å². The van der Waals surface area contributed by atoms with E-state index in [1.807, 2.05) is 32.0 Å². The predicted molar refractivity (Wildman–Crippen MR) is 101 cm³/mol. The zero-order valence-electron chi connectivity index (χ0n) is 15.7. The fraction of sp³-hybridized carbons (Fsp3) is 0.421. The normalized spacial score (nSPS) is 10.5. The fourth-order valence-electron chi connectivity index (χ4n) is 2.34. The van der Waals surface area contributed by atoms with Crippen molar-refractivity contribution in [2.75, 3.05) is 32.6 Å². The highest BCUT2D eigenvalue weighted by Crippen LogP contribution is 2.27. The van der Waals surface area contributed by atoms with Crippen molar-refractivity contribution in [2.45, 2.75) is 20.3 Å². The lowest BCUT2D eigenvalue weighted by molar-refractivity contribution is 0.0944. The summed E-state index contributed by atoms with van der Waals surface area (Å²) in [5, 5.41) is 6.06. The van der Waals surface area contributed by atoms with E-state index >= 15 is 0 Å². The van der Waals surface area contributed by atoms with Crippen molar-refractivity contribution in [3.05, 3.63) is 41.9 Å². The number of amides is 1. The van der Waals surface area contributed by atoms with Gasteiger partial charge in [-0.15, -0.1) is 0 Å². The molecule has 2 rings (SSSR count). The van der Waals surface area contributed by atoms with Gasteiger partial charge in [0.1, 0.15) is 17.8 Å². The van der Waals surface area contributed by atoms with Crippen molar-refractivity contribution in [2.24, 2.45) is 5.92 Å². The zero-order valence-corrected chi connectivity index (χ0v) is 15.7. The summed E-state index contributed by atoms with van der Waals surface area (Å²) in [7, 11) is 3.23. The molecule has 0 saturated heterocycles. The molecule has 0 saturated carbocycles. The minimum atomic E-state index is -0.191. The summed E-state index contributed by atoms with van der Waals surface area (Å²) in [5.74, 6) is 2.23. The molecule has 1 aromatic heterocycles. The molecule has 7 nitrogen and oxygen atoms in total. The fourth-order valence-corrected chi connectivity index (χ4v) is 2.34. The van der Waals surface area contributed by atoms with E-state index in [1.165, 1.54) is 6.33 Å². The summed E-state index contributed by atoms with van der Waals surface area (Å²) in [6, 6.07) is 7.49. The number of hydrogen-bond donors (Lipinski definition) is 2. The number of ether oxygens (including phenoxy) is 2. The van der Waals surface area contributed by atoms with E-state index in [-0.39, 0.29) is 5.91 Å². The molecule has 0 spiro atoms. The molecule has 1 aromatic carbocycles. The van der Waals surface area contributed by atoms with Gasteiger partial charge in [-0.05, 0) is 30.0 Å². The van der Waals surface area contributed by atoms with Gasteiger partial charge in [0.2, 0.25) is 0 Å². The molecule has 1 amide bonds. The van der Waals surface area contributed by atoms with Crippen LogP contribution in [0.4, 0.5) is 5.82 Å². The number of benzene rings is 1. The van der Waals surface area contributed by atoms with Crippen molar-refractivity contribution in [1.82, 2.24) is 15.3 Å². The van der Waals surface area contributed by atoms with E-state index in [0.29, 0.717) is 42.0 Å². The van der Waals surface area contributed by atoms with Crippen LogP contribution in [-0.2, 0) is 6.42 Å². The van der Waals surface area contributed by atoms with Crippen LogP contribution in [0.2, 0.25) is 0 Å². The molecule has 2 aromatic rings. The number of nitrogens with zero attached hydrogens (tertiary/aromatic N) is 2. The lowest BCUT2D eigenvalue weighted by Crippen LogP contribution is -2.28. The van der Waals surface area contributed by atoms with Crippen LogP contribution in [0.3, 0.4) is 0 Å². The van der Waals surface area contributed by atoms with Crippen LogP contribution in [-0.4, -0.2) is 43.2 Å². The van der Waals surface area contributed by atoms with Gasteiger partial charge in [-0.25, -0.2) is 9.97 Å². The SMILES string of the molecule is COc1ccc(CCNc2cc(C(=O)NCC(C)C)ncn2)cc1OC. The molecular formula is C19H26N4O3. The van der Waals surface area contributed by atoms with Crippen LogP contribution >= 0.6 is 0 Å². The van der Waals surface area contributed by atoms with Crippen molar-refractivity contribution in [3.63, 3.8) is 0 Å². The molecule has 7 heteroatoms. The number of aromatic nitrogens is 2. The second-order valence-corrected chi connectivity index (χ2v) is 6.26. The molecule has 0 unspecified atom stereocenters. The van der Waals surface area contributed by atoms with Crippen LogP contribution < -0.4 is 20.1 Å². The summed E-state index contributed by atoms with van der Waals surface area (Å²) < 4.78 is 10.6. The first-order valence-corrected chi connectivity index (χ1v) is 8.58. The van der Waals surface area contributed by atoms with Gasteiger partial charge < -0.3 is 20.1 Å². The molecule has 0 aliphatic heterocycles. The molecule has 1 heterocycles. The van der Waals surface area contributed by atoms with E-state index in [4.69, 9.17) is 9.47 Å². The third-order valence-corrected chi connectivity index (χ3v) is 3.74. The maximum atomic E-state index is 12.1. The summed E-state index contributed by atoms with van der Waals surface area (Å²) in [6.45, 7) is 5.37. The Balaban J connectivity index is 1.92. The van der Waals surface area contributed by atoms with Gasteiger partial charge in [0.15, 0.2) is 11.5 Å². The van der Waals surface area contributed by atoms with Gasteiger partial charge >= 0.3 is 0 Å². The second kappa shape index (κ2) is 9.60. The highest BCUT2D eigenvalue weighted by Gasteiger charge is 2.09. The molecule has 0 bridgehead atoms. The van der Waals surface area contributed by atoms with Crippen molar-refractivity contribution >= 4 is 11.7 Å². The Morgan fingerprint density at radius 3 is 2.58 bits per heavy atom. The molecule has 0 fully saturated rings. The van der Waals surface area contributed by atoms with E-state index in [1.54, 1.807) is 20.3 Å². The predicted octanol–water partition coefficient (Wildman–Crippen LogP) is 2.53. The molecule has 0 aliphatic carbocycles. The monoisotopic (exact) mass is 358 g/mol. The van der Waals surface area contributed by atoms with Crippen molar-refractivity contribution < 1.29 is 14.3 Å². The Kier molecular flexibility index (Phi) is 7.20. The smallest absolute Gasteiger partial charge is 0.270 e. The average molecular weight is 358 g/mol. The second-order valence-electron chi connectivity index (χ2n) is 6.26. The Labute approximate surface area is 154 Å². The third-order valence-electron chi connectivity index (χ3n) is 3.74. The van der Waals surface area contributed by atoms with Crippen molar-refractivity contribution in [1.29, 1.82) is 0 Å². The topological polar surface area (TPSA) is 85.4 Å². The lowest BCUT2D eigenvalue weighted by Gasteiger charge is -2.11. The quantitative estimate of drug-likeness (QED) is 0.716. The van der Waals surface area contributed by atoms with E-state index in [9.17, 15) is 4.79 Å². The molecule has 140 valence electrons. The Bertz CT molecular complexity index is 734. The summed E-state index contributed by atoms with van der Waals surface area (Å²) in [6.07, 6.45) is 2.17. The largest absolute Gasteiger partial charge is 0.493 e. The number of hydrogen-bond acceptors (Lipinski definition) is 6. The summed E-state index contributed by atoms with van der Waals surface area (Å²) in [4.78, 5) is 20.3. The third kappa shape index (κ3) is 5.61. The molecular weight excluding hydrogens is 332 g/mol. The Morgan fingerprint density at radius 2 is 1.88 bits per heavy atom. The number of carbonyl (C=O) groups is 1. The average Bonchev–Trinajstić information content (AvgIpc) is 2.66. The van der Waals surface area contributed by atoms with E-state index in [2.05, 4.69) is 20.6 Å². The van der Waals surface area contributed by atoms with Crippen LogP contribution in [0.15, 0.2) is 30.6 Å². The summed E-state index contributed by atoms with van der Waals surface area (Å²) >= 11 is 0. The number of nitrogens with one attached hydrogen (secondary N) is 2. The van der Waals surface area contributed by atoms with Gasteiger partial charge in [0.25, 0.3) is 5.91 Å². The van der Waals surface area contributed by atoms with Gasteiger partial charge in [0, 0.05) is 19.2 Å². The van der Waals surface area contributed by atoms with Crippen LogP contribution in [0.5, 0.6) is 11.5 Å². The molecule has 2 N–H and O–H groups in total. The summed E-state index contributed by atoms with van der Waals surface area (Å²) in [5.41, 5.74) is 1.47. The van der Waals surface area contributed by atoms with Gasteiger partial charge in [0.05, 0.1) is 14.2 Å². The minimum absolute atomic E-state index is 0.191. The maximum absolute atomic E-state index is 12.1. The van der Waals surface area contributed by atoms with E-state index < -0.39 is 0 Å². The molecule has 0 radical (unpaired) electrons. The Morgan fingerprint density at radius 1 is 1.12 bits per heavy atom. The first-order valence-electron chi connectivity index (χ1n) is 8.58. The molecule has 0 atom stereocenters. The first kappa shape index (κ1) is 19.5. The molecule has 0 aliphatic rings. The number of methoxy groups -OCH3 is 2. The molecule has 26 heavy (non-hydrogen) atoms. The first-order chi connectivity index (χ1) is 12.5. The van der Waals surface area contributed by atoms with Gasteiger partial charge in [-0.3, -0.25) is 4.79 Å². The number of anilines is 1. The highest BCUT2D eigenvalue weighted by molar-refractivity contribution is 5.92. The van der Waals surface area contributed by atoms with Gasteiger partial charge in [-0.1, -0.05) is 19.9 Å².